The predicted molar refractivity (Wildman–Crippen MR) is 107 cm³/mol. The van der Waals surface area contributed by atoms with Gasteiger partial charge in [0, 0.05) is 31.1 Å². The van der Waals surface area contributed by atoms with Gasteiger partial charge in [0.05, 0.1) is 32.8 Å². The first-order valence-corrected chi connectivity index (χ1v) is 9.85. The van der Waals surface area contributed by atoms with Gasteiger partial charge in [-0.05, 0) is 31.0 Å². The molecule has 1 aliphatic heterocycles. The Morgan fingerprint density at radius 3 is 2.89 bits per heavy atom. The van der Waals surface area contributed by atoms with E-state index < -0.39 is 4.92 Å². The van der Waals surface area contributed by atoms with Gasteiger partial charge in [-0.25, -0.2) is 4.98 Å². The van der Waals surface area contributed by atoms with Gasteiger partial charge in [-0.15, -0.1) is 11.3 Å². The molecular formula is C20H19N3O4S. The first-order valence-electron chi connectivity index (χ1n) is 9.04. The van der Waals surface area contributed by atoms with Gasteiger partial charge in [0.1, 0.15) is 5.75 Å². The summed E-state index contributed by atoms with van der Waals surface area (Å²) >= 11 is 1.66. The molecule has 2 aromatic carbocycles. The summed E-state index contributed by atoms with van der Waals surface area (Å²) in [5.41, 5.74) is 1.08. The van der Waals surface area contributed by atoms with Crippen LogP contribution in [0.2, 0.25) is 0 Å². The molecule has 1 saturated heterocycles. The average molecular weight is 397 g/mol. The molecule has 0 N–H and O–H groups in total. The lowest BCUT2D eigenvalue weighted by molar-refractivity contribution is -0.384. The first-order chi connectivity index (χ1) is 13.6. The molecule has 0 saturated carbocycles. The van der Waals surface area contributed by atoms with E-state index in [1.165, 1.54) is 25.3 Å². The number of carbonyl (C=O) groups is 1. The fourth-order valence-corrected chi connectivity index (χ4v) is 4.67. The average Bonchev–Trinajstić information content (AvgIpc) is 3.17. The van der Waals surface area contributed by atoms with E-state index >= 15 is 0 Å². The molecule has 1 amide bonds. The highest BCUT2D eigenvalue weighted by molar-refractivity contribution is 7.18. The Hall–Kier alpha value is -3.00. The molecule has 1 aliphatic rings. The van der Waals surface area contributed by atoms with Crippen molar-refractivity contribution < 1.29 is 14.5 Å². The van der Waals surface area contributed by atoms with Gasteiger partial charge < -0.3 is 9.64 Å². The summed E-state index contributed by atoms with van der Waals surface area (Å²) in [6, 6.07) is 12.1. The molecule has 144 valence electrons. The Labute approximate surface area is 165 Å². The minimum atomic E-state index is -0.504. The first kappa shape index (κ1) is 18.4. The highest BCUT2D eigenvalue weighted by atomic mass is 32.1. The quantitative estimate of drug-likeness (QED) is 0.486. The lowest BCUT2D eigenvalue weighted by Gasteiger charge is -2.32. The van der Waals surface area contributed by atoms with E-state index in [4.69, 9.17) is 9.72 Å². The number of hydrogen-bond acceptors (Lipinski definition) is 6. The highest BCUT2D eigenvalue weighted by Gasteiger charge is 2.29. The van der Waals surface area contributed by atoms with Gasteiger partial charge in [0.15, 0.2) is 0 Å². The van der Waals surface area contributed by atoms with Crippen LogP contribution in [0, 0.1) is 10.1 Å². The molecule has 28 heavy (non-hydrogen) atoms. The van der Waals surface area contributed by atoms with Crippen LogP contribution in [0.3, 0.4) is 0 Å². The molecule has 1 fully saturated rings. The molecule has 8 heteroatoms. The number of thiazole rings is 1. The van der Waals surface area contributed by atoms with Crippen molar-refractivity contribution in [3.63, 3.8) is 0 Å². The maximum absolute atomic E-state index is 13.1. The monoisotopic (exact) mass is 397 g/mol. The topological polar surface area (TPSA) is 85.6 Å². The summed E-state index contributed by atoms with van der Waals surface area (Å²) < 4.78 is 6.40. The van der Waals surface area contributed by atoms with Crippen molar-refractivity contribution in [1.29, 1.82) is 0 Å². The van der Waals surface area contributed by atoms with Gasteiger partial charge >= 0.3 is 0 Å². The van der Waals surface area contributed by atoms with Crippen LogP contribution in [-0.2, 0) is 0 Å². The van der Waals surface area contributed by atoms with Crippen LogP contribution in [0.15, 0.2) is 42.5 Å². The molecule has 0 aliphatic carbocycles. The molecule has 3 aromatic rings. The number of amides is 1. The zero-order valence-corrected chi connectivity index (χ0v) is 16.1. The Morgan fingerprint density at radius 2 is 2.14 bits per heavy atom. The number of ether oxygens (including phenoxy) is 1. The summed E-state index contributed by atoms with van der Waals surface area (Å²) in [6.07, 6.45) is 1.83. The number of para-hydroxylation sites is 1. The number of nitro benzene ring substituents is 1. The zero-order chi connectivity index (χ0) is 19.7. The van der Waals surface area contributed by atoms with E-state index in [-0.39, 0.29) is 23.1 Å². The zero-order valence-electron chi connectivity index (χ0n) is 15.3. The van der Waals surface area contributed by atoms with Crippen LogP contribution in [0.5, 0.6) is 5.75 Å². The van der Waals surface area contributed by atoms with Crippen LogP contribution in [0.25, 0.3) is 10.2 Å². The second-order valence-corrected chi connectivity index (χ2v) is 7.81. The van der Waals surface area contributed by atoms with Crippen LogP contribution in [0.1, 0.15) is 34.1 Å². The van der Waals surface area contributed by atoms with Crippen LogP contribution >= 0.6 is 11.3 Å². The maximum atomic E-state index is 13.1. The van der Waals surface area contributed by atoms with Crippen molar-refractivity contribution in [3.05, 3.63) is 63.1 Å². The van der Waals surface area contributed by atoms with Crippen LogP contribution < -0.4 is 4.74 Å². The number of piperidine rings is 1. The molecule has 1 atom stereocenters. The van der Waals surface area contributed by atoms with Gasteiger partial charge in [-0.3, -0.25) is 14.9 Å². The molecule has 0 unspecified atom stereocenters. The predicted octanol–water partition coefficient (Wildman–Crippen LogP) is 4.23. The number of nitrogens with zero attached hydrogens (tertiary/aromatic N) is 3. The van der Waals surface area contributed by atoms with E-state index in [1.807, 2.05) is 18.2 Å². The number of nitro groups is 1. The number of rotatable bonds is 4. The molecule has 7 nitrogen and oxygen atoms in total. The smallest absolute Gasteiger partial charge is 0.270 e. The second kappa shape index (κ2) is 7.55. The fourth-order valence-electron chi connectivity index (χ4n) is 3.57. The number of carbonyl (C=O) groups excluding carboxylic acids is 1. The van der Waals surface area contributed by atoms with E-state index in [2.05, 4.69) is 6.07 Å². The molecule has 2 heterocycles. The SMILES string of the molecule is COc1ccc([N+](=O)[O-])cc1C(=O)N1CCC[C@H](c2nc3ccccc3s2)C1. The lowest BCUT2D eigenvalue weighted by Crippen LogP contribution is -2.39. The number of likely N-dealkylation sites (tertiary alicyclic amines) is 1. The molecule has 1 aromatic heterocycles. The third-order valence-electron chi connectivity index (χ3n) is 4.99. The number of hydrogen-bond donors (Lipinski definition) is 0. The summed E-state index contributed by atoms with van der Waals surface area (Å²) in [6.45, 7) is 1.16. The number of fused-ring (bicyclic) bond motifs is 1. The Bertz CT molecular complexity index is 1020. The Morgan fingerprint density at radius 1 is 1.32 bits per heavy atom. The molecular weight excluding hydrogens is 378 g/mol. The van der Waals surface area contributed by atoms with Crippen molar-refractivity contribution in [3.8, 4) is 5.75 Å². The van der Waals surface area contributed by atoms with Gasteiger partial charge in [0.25, 0.3) is 11.6 Å². The molecule has 0 radical (unpaired) electrons. The minimum absolute atomic E-state index is 0.121. The number of aromatic nitrogens is 1. The van der Waals surface area contributed by atoms with Crippen molar-refractivity contribution in [2.75, 3.05) is 20.2 Å². The van der Waals surface area contributed by atoms with Gasteiger partial charge in [-0.1, -0.05) is 12.1 Å². The molecule has 0 bridgehead atoms. The Balaban J connectivity index is 1.60. The summed E-state index contributed by atoms with van der Waals surface area (Å²) in [7, 11) is 1.46. The second-order valence-electron chi connectivity index (χ2n) is 6.75. The molecule has 4 rings (SSSR count). The van der Waals surface area contributed by atoms with Crippen molar-refractivity contribution in [2.24, 2.45) is 0 Å². The summed E-state index contributed by atoms with van der Waals surface area (Å²) in [5.74, 6) is 0.267. The normalized spacial score (nSPS) is 16.9. The van der Waals surface area contributed by atoms with Gasteiger partial charge in [0.2, 0.25) is 0 Å². The van der Waals surface area contributed by atoms with Crippen molar-refractivity contribution >= 4 is 33.1 Å². The standard InChI is InChI=1S/C20H19N3O4S/c1-27-17-9-8-14(23(25)26)11-15(17)20(24)22-10-4-5-13(12-22)19-21-16-6-2-3-7-18(16)28-19/h2-3,6-9,11,13H,4-5,10,12H2,1H3/t13-/m0/s1. The van der Waals surface area contributed by atoms with Crippen LogP contribution in [-0.4, -0.2) is 40.9 Å². The Kier molecular flexibility index (Phi) is 4.95. The third kappa shape index (κ3) is 3.43. The number of methoxy groups -OCH3 is 1. The van der Waals surface area contributed by atoms with E-state index in [0.29, 0.717) is 18.8 Å². The van der Waals surface area contributed by atoms with E-state index in [1.54, 1.807) is 16.2 Å². The van der Waals surface area contributed by atoms with Gasteiger partial charge in [-0.2, -0.15) is 0 Å². The van der Waals surface area contributed by atoms with Crippen molar-refractivity contribution in [1.82, 2.24) is 9.88 Å². The largest absolute Gasteiger partial charge is 0.496 e. The van der Waals surface area contributed by atoms with Crippen molar-refractivity contribution in [2.45, 2.75) is 18.8 Å². The third-order valence-corrected chi connectivity index (χ3v) is 6.19. The lowest BCUT2D eigenvalue weighted by atomic mass is 9.97. The van der Waals surface area contributed by atoms with E-state index in [0.717, 1.165) is 28.1 Å². The van der Waals surface area contributed by atoms with Crippen LogP contribution in [0.4, 0.5) is 5.69 Å². The van der Waals surface area contributed by atoms with E-state index in [9.17, 15) is 14.9 Å². The minimum Gasteiger partial charge on any atom is -0.496 e. The number of benzene rings is 2. The summed E-state index contributed by atoms with van der Waals surface area (Å²) in [4.78, 5) is 30.2. The maximum Gasteiger partial charge on any atom is 0.270 e. The highest BCUT2D eigenvalue weighted by Crippen LogP contribution is 2.34. The molecule has 0 spiro atoms. The summed E-state index contributed by atoms with van der Waals surface area (Å²) in [5, 5.41) is 12.1. The number of non-ortho nitro benzene ring substituents is 1. The fraction of sp³-hybridized carbons (Fsp3) is 0.300.